The molecule has 104 valence electrons. The quantitative estimate of drug-likeness (QED) is 0.682. The molecule has 0 aliphatic carbocycles. The second kappa shape index (κ2) is 5.75. The zero-order valence-electron chi connectivity index (χ0n) is 11.7. The maximum absolute atomic E-state index is 11.4. The Labute approximate surface area is 123 Å². The molecular weight excluding hydrogens is 262 g/mol. The van der Waals surface area contributed by atoms with E-state index in [0.717, 1.165) is 22.0 Å². The first-order valence-electron chi connectivity index (χ1n) is 6.81. The van der Waals surface area contributed by atoms with Gasteiger partial charge in [-0.1, -0.05) is 54.6 Å². The molecule has 0 saturated heterocycles. The minimum atomic E-state index is -0.478. The molecule has 0 aliphatic heterocycles. The molecule has 0 spiro atoms. The maximum Gasteiger partial charge on any atom is 0.303 e. The molecule has 3 nitrogen and oxygen atoms in total. The van der Waals surface area contributed by atoms with Crippen LogP contribution in [0.2, 0.25) is 0 Å². The first kappa shape index (κ1) is 13.3. The second-order valence-electron chi connectivity index (χ2n) is 4.86. The largest absolute Gasteiger partial charge is 0.451 e. The van der Waals surface area contributed by atoms with E-state index >= 15 is 0 Å². The Kier molecular flexibility index (Phi) is 3.65. The molecule has 0 N–H and O–H groups in total. The van der Waals surface area contributed by atoms with Crippen LogP contribution in [0, 0.1) is 0 Å². The van der Waals surface area contributed by atoms with Gasteiger partial charge in [0.15, 0.2) is 6.10 Å². The van der Waals surface area contributed by atoms with Crippen molar-refractivity contribution in [3.8, 4) is 0 Å². The molecule has 0 bridgehead atoms. The monoisotopic (exact) mass is 277 g/mol. The molecule has 0 aliphatic rings. The van der Waals surface area contributed by atoms with Crippen molar-refractivity contribution < 1.29 is 9.53 Å². The average Bonchev–Trinajstić information content (AvgIpc) is 2.53. The lowest BCUT2D eigenvalue weighted by Crippen LogP contribution is -2.11. The fraction of sp³-hybridized carbons (Fsp3) is 0.111. The molecule has 3 aromatic rings. The summed E-state index contributed by atoms with van der Waals surface area (Å²) in [6, 6.07) is 19.6. The third-order valence-electron chi connectivity index (χ3n) is 3.31. The van der Waals surface area contributed by atoms with Gasteiger partial charge in [0.05, 0.1) is 5.69 Å². The van der Waals surface area contributed by atoms with Gasteiger partial charge in [0, 0.05) is 18.5 Å². The minimum Gasteiger partial charge on any atom is -0.451 e. The highest BCUT2D eigenvalue weighted by Gasteiger charge is 2.18. The summed E-state index contributed by atoms with van der Waals surface area (Å²) in [5, 5.41) is 2.14. The molecule has 0 fully saturated rings. The van der Waals surface area contributed by atoms with Gasteiger partial charge in [0.1, 0.15) is 0 Å². The molecular formula is C18H15NO2. The highest BCUT2D eigenvalue weighted by molar-refractivity contribution is 5.82. The van der Waals surface area contributed by atoms with Crippen LogP contribution in [0.5, 0.6) is 0 Å². The Morgan fingerprint density at radius 1 is 1.00 bits per heavy atom. The Hall–Kier alpha value is -2.68. The smallest absolute Gasteiger partial charge is 0.303 e. The Balaban J connectivity index is 2.07. The highest BCUT2D eigenvalue weighted by Crippen LogP contribution is 2.26. The molecule has 3 rings (SSSR count). The Morgan fingerprint density at radius 2 is 1.67 bits per heavy atom. The summed E-state index contributed by atoms with van der Waals surface area (Å²) in [7, 11) is 0. The van der Waals surface area contributed by atoms with Crippen LogP contribution in [0.1, 0.15) is 24.3 Å². The van der Waals surface area contributed by atoms with Gasteiger partial charge in [-0.05, 0) is 17.0 Å². The summed E-state index contributed by atoms with van der Waals surface area (Å²) >= 11 is 0. The molecule has 0 saturated carbocycles. The second-order valence-corrected chi connectivity index (χ2v) is 4.86. The number of ether oxygens (including phenoxy) is 1. The van der Waals surface area contributed by atoms with Crippen LogP contribution in [0.15, 0.2) is 66.9 Å². The van der Waals surface area contributed by atoms with Crippen molar-refractivity contribution in [1.29, 1.82) is 0 Å². The predicted molar refractivity (Wildman–Crippen MR) is 81.8 cm³/mol. The predicted octanol–water partition coefficient (Wildman–Crippen LogP) is 3.89. The molecule has 1 aromatic heterocycles. The van der Waals surface area contributed by atoms with Crippen LogP contribution in [-0.2, 0) is 9.53 Å². The van der Waals surface area contributed by atoms with Crippen molar-refractivity contribution in [3.63, 3.8) is 0 Å². The summed E-state index contributed by atoms with van der Waals surface area (Å²) in [4.78, 5) is 15.9. The van der Waals surface area contributed by atoms with E-state index in [0.29, 0.717) is 0 Å². The van der Waals surface area contributed by atoms with E-state index in [1.807, 2.05) is 66.9 Å². The molecule has 0 amide bonds. The number of pyridine rings is 1. The fourth-order valence-electron chi connectivity index (χ4n) is 2.34. The molecule has 21 heavy (non-hydrogen) atoms. The van der Waals surface area contributed by atoms with Crippen LogP contribution in [0.4, 0.5) is 0 Å². The number of rotatable bonds is 3. The molecule has 0 radical (unpaired) electrons. The van der Waals surface area contributed by atoms with E-state index in [1.54, 1.807) is 0 Å². The average molecular weight is 277 g/mol. The van der Waals surface area contributed by atoms with Crippen LogP contribution in [0.3, 0.4) is 0 Å². The normalized spacial score (nSPS) is 12.0. The fourth-order valence-corrected chi connectivity index (χ4v) is 2.34. The van der Waals surface area contributed by atoms with Gasteiger partial charge in [-0.25, -0.2) is 0 Å². The zero-order valence-corrected chi connectivity index (χ0v) is 11.7. The topological polar surface area (TPSA) is 39.2 Å². The van der Waals surface area contributed by atoms with Crippen molar-refractivity contribution in [2.45, 2.75) is 13.0 Å². The summed E-state index contributed by atoms with van der Waals surface area (Å²) < 4.78 is 5.47. The van der Waals surface area contributed by atoms with Gasteiger partial charge in [-0.15, -0.1) is 0 Å². The molecule has 3 heteroatoms. The van der Waals surface area contributed by atoms with E-state index in [9.17, 15) is 4.79 Å². The summed E-state index contributed by atoms with van der Waals surface area (Å²) in [5.74, 6) is -0.321. The van der Waals surface area contributed by atoms with Crippen LogP contribution in [-0.4, -0.2) is 11.0 Å². The zero-order chi connectivity index (χ0) is 14.7. The summed E-state index contributed by atoms with van der Waals surface area (Å²) in [6.45, 7) is 1.41. The summed E-state index contributed by atoms with van der Waals surface area (Å²) in [5.41, 5.74) is 1.64. The number of carbonyl (C=O) groups is 1. The van der Waals surface area contributed by atoms with Crippen molar-refractivity contribution in [1.82, 2.24) is 4.98 Å². The Bertz CT molecular complexity index is 768. The third kappa shape index (κ3) is 2.92. The molecule has 0 unspecified atom stereocenters. The first-order chi connectivity index (χ1) is 10.2. The Morgan fingerprint density at radius 3 is 2.38 bits per heavy atom. The number of hydrogen-bond acceptors (Lipinski definition) is 3. The number of hydrogen-bond donors (Lipinski definition) is 0. The standard InChI is InChI=1S/C18H15NO2/c1-13(20)21-18(14-7-3-2-4-8-14)17-11-15-9-5-6-10-16(15)12-19-17/h2-12,18H,1H3/t18-/m0/s1. The number of aromatic nitrogens is 1. The van der Waals surface area contributed by atoms with E-state index in [1.165, 1.54) is 6.92 Å². The van der Waals surface area contributed by atoms with Crippen molar-refractivity contribution in [2.24, 2.45) is 0 Å². The lowest BCUT2D eigenvalue weighted by atomic mass is 10.0. The van der Waals surface area contributed by atoms with E-state index < -0.39 is 6.10 Å². The van der Waals surface area contributed by atoms with Gasteiger partial charge in [0.2, 0.25) is 0 Å². The molecule has 1 atom stereocenters. The van der Waals surface area contributed by atoms with Crippen molar-refractivity contribution in [3.05, 3.63) is 78.1 Å². The number of benzene rings is 2. The minimum absolute atomic E-state index is 0.321. The van der Waals surface area contributed by atoms with Gasteiger partial charge >= 0.3 is 5.97 Å². The van der Waals surface area contributed by atoms with Gasteiger partial charge < -0.3 is 4.74 Å². The van der Waals surface area contributed by atoms with Gasteiger partial charge in [-0.2, -0.15) is 0 Å². The van der Waals surface area contributed by atoms with E-state index in [4.69, 9.17) is 4.74 Å². The van der Waals surface area contributed by atoms with Crippen LogP contribution in [0.25, 0.3) is 10.8 Å². The first-order valence-corrected chi connectivity index (χ1v) is 6.81. The number of fused-ring (bicyclic) bond motifs is 1. The highest BCUT2D eigenvalue weighted by atomic mass is 16.5. The summed E-state index contributed by atoms with van der Waals surface area (Å²) in [6.07, 6.45) is 1.33. The lowest BCUT2D eigenvalue weighted by molar-refractivity contribution is -0.144. The van der Waals surface area contributed by atoms with Gasteiger partial charge in [-0.3, -0.25) is 9.78 Å². The van der Waals surface area contributed by atoms with Crippen LogP contribution < -0.4 is 0 Å². The lowest BCUT2D eigenvalue weighted by Gasteiger charge is -2.17. The van der Waals surface area contributed by atoms with Crippen molar-refractivity contribution >= 4 is 16.7 Å². The third-order valence-corrected chi connectivity index (χ3v) is 3.31. The molecule has 2 aromatic carbocycles. The number of nitrogens with zero attached hydrogens (tertiary/aromatic N) is 1. The number of carbonyl (C=O) groups excluding carboxylic acids is 1. The van der Waals surface area contributed by atoms with E-state index in [2.05, 4.69) is 4.98 Å². The number of esters is 1. The van der Waals surface area contributed by atoms with Gasteiger partial charge in [0.25, 0.3) is 0 Å². The van der Waals surface area contributed by atoms with Crippen LogP contribution >= 0.6 is 0 Å². The van der Waals surface area contributed by atoms with Crippen molar-refractivity contribution in [2.75, 3.05) is 0 Å². The SMILES string of the molecule is CC(=O)O[C@@H](c1ccccc1)c1cc2ccccc2cn1. The van der Waals surface area contributed by atoms with E-state index in [-0.39, 0.29) is 5.97 Å². The maximum atomic E-state index is 11.4. The molecule has 1 heterocycles.